The molecule has 1 aromatic rings. The first-order valence-corrected chi connectivity index (χ1v) is 37.9. The van der Waals surface area contributed by atoms with Gasteiger partial charge in [-0.3, -0.25) is 5.43 Å². The van der Waals surface area contributed by atoms with Crippen LogP contribution in [0, 0.1) is 11.3 Å². The van der Waals surface area contributed by atoms with Gasteiger partial charge in [0.25, 0.3) is 0 Å². The van der Waals surface area contributed by atoms with Crippen LogP contribution in [-0.4, -0.2) is 229 Å². The number of aliphatic hydroxyl groups excluding tert-OH is 1. The van der Waals surface area contributed by atoms with E-state index >= 15 is 0 Å². The molecule has 4 N–H and O–H groups in total. The Labute approximate surface area is 596 Å². The van der Waals surface area contributed by atoms with Crippen LogP contribution in [0.1, 0.15) is 193 Å². The quantitative estimate of drug-likeness (QED) is 0.0205. The number of aliphatic hydroxyl groups is 1. The van der Waals surface area contributed by atoms with Gasteiger partial charge in [-0.15, -0.1) is 11.6 Å². The Balaban J connectivity index is 0.00000145. The van der Waals surface area contributed by atoms with Gasteiger partial charge in [-0.25, -0.2) is 16.5 Å². The molecule has 25 heteroatoms. The van der Waals surface area contributed by atoms with E-state index in [1.165, 1.54) is 116 Å². The first kappa shape index (κ1) is 92.3. The van der Waals surface area contributed by atoms with Crippen LogP contribution in [0.25, 0.3) is 10.2 Å². The maximum absolute atomic E-state index is 9.17. The number of likely N-dealkylation sites (N-methyl/N-ethyl adjacent to an activating group) is 1. The molecule has 0 aromatic carbocycles. The molecule has 22 nitrogen and oxygen atoms in total. The van der Waals surface area contributed by atoms with Crippen LogP contribution in [-0.2, 0) is 103 Å². The number of aromatic nitrogens is 3. The van der Waals surface area contributed by atoms with Crippen molar-refractivity contribution < 1.29 is 99.6 Å². The second-order valence-electron chi connectivity index (χ2n) is 24.0. The molecule has 1 radical (unpaired) electrons. The van der Waals surface area contributed by atoms with E-state index in [0.29, 0.717) is 84.4 Å². The monoisotopic (exact) mass is 1440 g/mol. The van der Waals surface area contributed by atoms with Gasteiger partial charge in [0.1, 0.15) is 6.23 Å². The summed E-state index contributed by atoms with van der Waals surface area (Å²) in [7, 11) is 1.70. The summed E-state index contributed by atoms with van der Waals surface area (Å²) in [6.45, 7) is 27.9. The average Bonchev–Trinajstić information content (AvgIpc) is 1.51. The Kier molecular flexibility index (Phi) is 72.1. The van der Waals surface area contributed by atoms with Gasteiger partial charge in [0.2, 0.25) is 0 Å². The largest absolute Gasteiger partial charge is 0.661 e. The van der Waals surface area contributed by atoms with Crippen molar-refractivity contribution in [1.29, 1.82) is 0 Å². The molecule has 1 spiro atoms. The number of hydrogen-bond donors (Lipinski definition) is 4. The Morgan fingerprint density at radius 2 is 1.10 bits per heavy atom. The summed E-state index contributed by atoms with van der Waals surface area (Å²) in [5.41, 5.74) is 5.46. The van der Waals surface area contributed by atoms with E-state index in [2.05, 4.69) is 57.1 Å². The number of nitrogens with zero attached hydrogens (tertiary/aromatic N) is 6. The Morgan fingerprint density at radius 3 is 1.58 bits per heavy atom. The van der Waals surface area contributed by atoms with Crippen LogP contribution in [0.2, 0.25) is 0 Å². The van der Waals surface area contributed by atoms with Crippen LogP contribution in [0.15, 0.2) is 23.1 Å². The van der Waals surface area contributed by atoms with E-state index in [9.17, 15) is 4.89 Å². The van der Waals surface area contributed by atoms with Crippen molar-refractivity contribution in [3.05, 3.63) is 33.8 Å². The number of halogens is 1. The third kappa shape index (κ3) is 59.9. The number of hydrogen-bond acceptors (Lipinski definition) is 19. The van der Waals surface area contributed by atoms with Crippen LogP contribution in [0.3, 0.4) is 0 Å². The molecular weight excluding hydrogens is 1310 g/mol. The fraction of sp³-hybridized carbons (Fsp3) is 0.926. The normalized spacial score (nSPS) is 16.5. The molecule has 547 valence electrons. The van der Waals surface area contributed by atoms with Crippen molar-refractivity contribution >= 4 is 26.1 Å². The Bertz CT molecular complexity index is 1690. The van der Waals surface area contributed by atoms with E-state index in [1.54, 1.807) is 19.9 Å². The zero-order valence-electron chi connectivity index (χ0n) is 59.3. The average molecular weight is 1440 g/mol. The molecular formula is C68H134ClN8O14PY-2. The summed E-state index contributed by atoms with van der Waals surface area (Å²) < 4.78 is 69.0. The summed E-state index contributed by atoms with van der Waals surface area (Å²) in [4.78, 5) is 12.6. The van der Waals surface area contributed by atoms with Crippen LogP contribution in [0.4, 0.5) is 0 Å². The zero-order valence-corrected chi connectivity index (χ0v) is 63.8. The predicted molar refractivity (Wildman–Crippen MR) is 374 cm³/mol. The first-order chi connectivity index (χ1) is 45.4. The van der Waals surface area contributed by atoms with Crippen LogP contribution < -0.4 is 10.7 Å². The molecule has 1 saturated carbocycles. The number of ether oxygens (including phenoxy) is 12. The minimum Gasteiger partial charge on any atom is -0.661 e. The molecule has 3 heterocycles. The summed E-state index contributed by atoms with van der Waals surface area (Å²) in [5.74, 6) is 0.920. The van der Waals surface area contributed by atoms with Crippen molar-refractivity contribution in [2.75, 3.05) is 186 Å². The van der Waals surface area contributed by atoms with Gasteiger partial charge >= 0.3 is 0 Å². The van der Waals surface area contributed by atoms with Gasteiger partial charge in [0.05, 0.1) is 90.8 Å². The molecule has 3 atom stereocenters. The minimum atomic E-state index is -1.01. The second kappa shape index (κ2) is 72.6. The first-order valence-electron chi connectivity index (χ1n) is 35.7. The molecule has 2 aliphatic heterocycles. The van der Waals surface area contributed by atoms with E-state index in [1.807, 2.05) is 10.9 Å². The fourth-order valence-electron chi connectivity index (χ4n) is 10.2. The zero-order chi connectivity index (χ0) is 66.6. The van der Waals surface area contributed by atoms with Gasteiger partial charge < -0.3 is 82.3 Å². The summed E-state index contributed by atoms with van der Waals surface area (Å²) in [6, 6.07) is 0. The van der Waals surface area contributed by atoms with Crippen molar-refractivity contribution in [3.63, 3.8) is 0 Å². The van der Waals surface area contributed by atoms with Gasteiger partial charge in [-0.05, 0) is 159 Å². The molecule has 2 saturated heterocycles. The summed E-state index contributed by atoms with van der Waals surface area (Å²) in [6.07, 6.45) is 37.3. The second-order valence-corrected chi connectivity index (χ2v) is 25.8. The summed E-state index contributed by atoms with van der Waals surface area (Å²) >= 11 is 5.30. The number of nitrogens with one attached hydrogen (secondary N) is 2. The number of aryl methyl sites for hydroxylation is 1. The maximum atomic E-state index is 9.17. The molecule has 93 heavy (non-hydrogen) atoms. The van der Waals surface area contributed by atoms with Crippen molar-refractivity contribution in [1.82, 2.24) is 25.7 Å². The summed E-state index contributed by atoms with van der Waals surface area (Å²) in [5, 5.41) is 27.1. The van der Waals surface area contributed by atoms with Crippen LogP contribution in [0.5, 0.6) is 0 Å². The molecule has 1 aliphatic carbocycles. The van der Waals surface area contributed by atoms with E-state index in [0.717, 1.165) is 181 Å². The van der Waals surface area contributed by atoms with Crippen molar-refractivity contribution in [3.8, 4) is 0 Å². The van der Waals surface area contributed by atoms with Crippen molar-refractivity contribution in [2.45, 2.75) is 213 Å². The van der Waals surface area contributed by atoms with Gasteiger partial charge in [0.15, 0.2) is 0 Å². The smallest absolute Gasteiger partial charge is 0.143 e. The number of hydrazone groups is 1. The number of unbranched alkanes of at least 4 members (excludes halogenated alkanes) is 11. The van der Waals surface area contributed by atoms with E-state index < -0.39 is 8.15 Å². The third-order valence-electron chi connectivity index (χ3n) is 15.6. The molecule has 0 amide bonds. The van der Waals surface area contributed by atoms with Crippen molar-refractivity contribution in [2.24, 2.45) is 16.4 Å². The third-order valence-corrected chi connectivity index (χ3v) is 16.2. The fourth-order valence-corrected chi connectivity index (χ4v) is 10.7. The van der Waals surface area contributed by atoms with E-state index in [-0.39, 0.29) is 45.0 Å². The molecule has 4 rings (SSSR count). The van der Waals surface area contributed by atoms with Crippen LogP contribution >= 0.6 is 19.9 Å². The van der Waals surface area contributed by atoms with Gasteiger partial charge in [-0.2, -0.15) is 18.3 Å². The predicted octanol–water partition coefficient (Wildman–Crippen LogP) is 12.7. The Morgan fingerprint density at radius 1 is 0.634 bits per heavy atom. The Hall–Kier alpha value is -0.666. The van der Waals surface area contributed by atoms with E-state index in [4.69, 9.17) is 73.7 Å². The SMILES string of the molecule is CCCCOCCCCCOCCOCCOCCCCCOCCC.CCCOCCCCCCCCOCCn1cc(CCCCOCCOCCOCCCC2CCC3(CC2)CNC3)nn1.CO.C[N-]CC(/C=N\NC1CCC(COCP(C)O)O1)=C\[N-]Cl.[Y]. The number of rotatable bonds is 62. The molecule has 3 aliphatic rings. The standard InChI is InChI=1S/C34H64N4O5.C21H44O5.C12H22ClN4O3P.CH4O.Y/c1-2-19-39-20-8-5-3-4-6-9-21-40-24-18-38-29-33(36-37-38)13-7-10-22-41-25-27-43-28-26-42-23-11-12-32-14-16-34(17-15-32)30-35-31-34;1-3-5-13-23-15-9-7-11-17-25-19-21-26-20-18-24-16-10-6-8-14-22-12-4-2;1-14-5-10(6-15-13)7-16-17-12-4-3-11(20-12)8-19-9-21(2)18;1-2;/h29,32,35H,2-28,30-31H2,1H3;3-21H2,1-2H3;6-7,11-12,17-18H,3-5,8-9H2,1-2H3;2H,1H3;/q;;-2;;/b;;10-6+,16-7-;;. The topological polar surface area (TPSA) is 247 Å². The van der Waals surface area contributed by atoms with Gasteiger partial charge in [-0.1, -0.05) is 63.7 Å². The molecule has 1 aromatic heterocycles. The van der Waals surface area contributed by atoms with Gasteiger partial charge in [0, 0.05) is 146 Å². The maximum Gasteiger partial charge on any atom is 0.143 e. The molecule has 0 bridgehead atoms. The molecule has 3 fully saturated rings. The molecule has 3 unspecified atom stereocenters. The minimum absolute atomic E-state index is 0.